The molecule has 2 aromatic rings. The molecule has 1 aromatic heterocycles. The largest absolute Gasteiger partial charge is 0.411 e. The summed E-state index contributed by atoms with van der Waals surface area (Å²) in [6.07, 6.45) is 1.46. The molecule has 3 N–H and O–H groups in total. The molecule has 20 heavy (non-hydrogen) atoms. The van der Waals surface area contributed by atoms with E-state index in [0.717, 1.165) is 26.9 Å². The molecule has 6 heteroatoms. The molecule has 0 radical (unpaired) electrons. The number of anilines is 1. The van der Waals surface area contributed by atoms with E-state index in [0.29, 0.717) is 11.5 Å². The van der Waals surface area contributed by atoms with Crippen LogP contribution in [0.25, 0.3) is 11.3 Å². The van der Waals surface area contributed by atoms with Crippen LogP contribution in [0, 0.1) is 0 Å². The Hall–Kier alpha value is -1.95. The Bertz CT molecular complexity index is 740. The SMILES string of the molecule is CC1(C)C(=NO)c2cc(Br)ccc2-c2ncnc(N)c21. The summed E-state index contributed by atoms with van der Waals surface area (Å²) < 4.78 is 0.915. The third-order valence-electron chi connectivity index (χ3n) is 3.69. The average molecular weight is 333 g/mol. The number of benzene rings is 1. The van der Waals surface area contributed by atoms with Gasteiger partial charge in [0.25, 0.3) is 0 Å². The minimum absolute atomic E-state index is 0.412. The molecule has 1 aliphatic carbocycles. The Kier molecular flexibility index (Phi) is 2.79. The first-order valence-electron chi connectivity index (χ1n) is 6.10. The minimum Gasteiger partial charge on any atom is -0.411 e. The number of nitrogens with zero attached hydrogens (tertiary/aromatic N) is 3. The summed E-state index contributed by atoms with van der Waals surface area (Å²) in [7, 11) is 0. The van der Waals surface area contributed by atoms with E-state index in [2.05, 4.69) is 31.1 Å². The number of halogens is 1. The molecule has 0 spiro atoms. The van der Waals surface area contributed by atoms with Crippen molar-refractivity contribution in [3.63, 3.8) is 0 Å². The van der Waals surface area contributed by atoms with Gasteiger partial charge in [-0.25, -0.2) is 9.97 Å². The van der Waals surface area contributed by atoms with E-state index >= 15 is 0 Å². The van der Waals surface area contributed by atoms with Crippen LogP contribution in [-0.2, 0) is 5.41 Å². The predicted molar refractivity (Wildman–Crippen MR) is 80.9 cm³/mol. The molecule has 0 saturated carbocycles. The minimum atomic E-state index is -0.566. The highest BCUT2D eigenvalue weighted by molar-refractivity contribution is 9.10. The summed E-state index contributed by atoms with van der Waals surface area (Å²) in [5.41, 5.74) is 9.34. The van der Waals surface area contributed by atoms with Crippen LogP contribution in [0.4, 0.5) is 5.82 Å². The van der Waals surface area contributed by atoms with Gasteiger partial charge in [0, 0.05) is 26.6 Å². The molecule has 1 aromatic carbocycles. The molecule has 0 amide bonds. The lowest BCUT2D eigenvalue weighted by molar-refractivity contribution is 0.314. The first-order valence-corrected chi connectivity index (χ1v) is 6.90. The molecule has 102 valence electrons. The van der Waals surface area contributed by atoms with E-state index in [4.69, 9.17) is 5.73 Å². The zero-order valence-electron chi connectivity index (χ0n) is 11.1. The highest BCUT2D eigenvalue weighted by Crippen LogP contribution is 2.44. The van der Waals surface area contributed by atoms with Crippen molar-refractivity contribution in [1.29, 1.82) is 0 Å². The Labute approximate surface area is 124 Å². The number of rotatable bonds is 0. The summed E-state index contributed by atoms with van der Waals surface area (Å²) >= 11 is 3.44. The van der Waals surface area contributed by atoms with Crippen molar-refractivity contribution in [1.82, 2.24) is 9.97 Å². The van der Waals surface area contributed by atoms with Crippen molar-refractivity contribution in [2.24, 2.45) is 5.16 Å². The highest BCUT2D eigenvalue weighted by atomic mass is 79.9. The highest BCUT2D eigenvalue weighted by Gasteiger charge is 2.40. The second kappa shape index (κ2) is 4.28. The van der Waals surface area contributed by atoms with Gasteiger partial charge in [-0.1, -0.05) is 27.2 Å². The number of hydrogen-bond acceptors (Lipinski definition) is 5. The van der Waals surface area contributed by atoms with Crippen LogP contribution in [0.1, 0.15) is 25.0 Å². The van der Waals surface area contributed by atoms with Gasteiger partial charge in [0.2, 0.25) is 0 Å². The Balaban J connectivity index is 2.46. The van der Waals surface area contributed by atoms with Crippen LogP contribution >= 0.6 is 15.9 Å². The third kappa shape index (κ3) is 1.64. The molecule has 1 aliphatic rings. The second-order valence-electron chi connectivity index (χ2n) is 5.25. The number of aromatic nitrogens is 2. The van der Waals surface area contributed by atoms with Gasteiger partial charge in [0.15, 0.2) is 0 Å². The van der Waals surface area contributed by atoms with Crippen molar-refractivity contribution >= 4 is 27.5 Å². The van der Waals surface area contributed by atoms with Crippen molar-refractivity contribution in [2.75, 3.05) is 5.73 Å². The van der Waals surface area contributed by atoms with Gasteiger partial charge in [-0.3, -0.25) is 0 Å². The maximum atomic E-state index is 9.47. The number of nitrogen functional groups attached to an aromatic ring is 1. The van der Waals surface area contributed by atoms with E-state index < -0.39 is 5.41 Å². The maximum absolute atomic E-state index is 9.47. The van der Waals surface area contributed by atoms with E-state index in [9.17, 15) is 5.21 Å². The Morgan fingerprint density at radius 3 is 2.70 bits per heavy atom. The number of fused-ring (bicyclic) bond motifs is 3. The summed E-state index contributed by atoms with van der Waals surface area (Å²) in [5, 5.41) is 13.0. The van der Waals surface area contributed by atoms with Gasteiger partial charge >= 0.3 is 0 Å². The number of nitrogens with two attached hydrogens (primary N) is 1. The zero-order valence-corrected chi connectivity index (χ0v) is 12.6. The van der Waals surface area contributed by atoms with E-state index in [-0.39, 0.29) is 0 Å². The van der Waals surface area contributed by atoms with E-state index in [1.165, 1.54) is 6.33 Å². The lowest BCUT2D eigenvalue weighted by atomic mass is 9.70. The Morgan fingerprint density at radius 2 is 2.00 bits per heavy atom. The molecule has 0 bridgehead atoms. The summed E-state index contributed by atoms with van der Waals surface area (Å²) in [5.74, 6) is 0.412. The van der Waals surface area contributed by atoms with Crippen molar-refractivity contribution in [3.05, 3.63) is 40.1 Å². The van der Waals surface area contributed by atoms with Gasteiger partial charge in [0.05, 0.1) is 11.4 Å². The van der Waals surface area contributed by atoms with Gasteiger partial charge in [0.1, 0.15) is 12.1 Å². The van der Waals surface area contributed by atoms with Crippen LogP contribution in [-0.4, -0.2) is 20.9 Å². The molecule has 3 rings (SSSR count). The molecule has 0 atom stereocenters. The summed E-state index contributed by atoms with van der Waals surface area (Å²) in [4.78, 5) is 8.44. The van der Waals surface area contributed by atoms with Crippen molar-refractivity contribution in [3.8, 4) is 11.3 Å². The van der Waals surface area contributed by atoms with Crippen LogP contribution in [0.15, 0.2) is 34.2 Å². The van der Waals surface area contributed by atoms with Crippen LogP contribution in [0.5, 0.6) is 0 Å². The fraction of sp³-hybridized carbons (Fsp3) is 0.214. The predicted octanol–water partition coefficient (Wildman–Crippen LogP) is 2.96. The van der Waals surface area contributed by atoms with Crippen molar-refractivity contribution < 1.29 is 5.21 Å². The van der Waals surface area contributed by atoms with Crippen LogP contribution in [0.2, 0.25) is 0 Å². The molecule has 0 fully saturated rings. The molecule has 0 aliphatic heterocycles. The maximum Gasteiger partial charge on any atom is 0.131 e. The molecule has 0 saturated heterocycles. The molecular formula is C14H13BrN4O. The lowest BCUT2D eigenvalue weighted by Gasteiger charge is -2.34. The first-order chi connectivity index (χ1) is 9.46. The van der Waals surface area contributed by atoms with Gasteiger partial charge in [-0.15, -0.1) is 0 Å². The topological polar surface area (TPSA) is 84.4 Å². The second-order valence-corrected chi connectivity index (χ2v) is 6.16. The quantitative estimate of drug-likeness (QED) is 0.573. The number of oxime groups is 1. The van der Waals surface area contributed by atoms with Crippen LogP contribution in [0.3, 0.4) is 0 Å². The van der Waals surface area contributed by atoms with Gasteiger partial charge in [-0.2, -0.15) is 0 Å². The van der Waals surface area contributed by atoms with Gasteiger partial charge < -0.3 is 10.9 Å². The monoisotopic (exact) mass is 332 g/mol. The number of hydrogen-bond donors (Lipinski definition) is 2. The van der Waals surface area contributed by atoms with Crippen LogP contribution < -0.4 is 5.73 Å². The normalized spacial score (nSPS) is 17.6. The molecule has 5 nitrogen and oxygen atoms in total. The summed E-state index contributed by atoms with van der Waals surface area (Å²) in [6.45, 7) is 3.90. The fourth-order valence-corrected chi connectivity index (χ4v) is 3.13. The molecule has 1 heterocycles. The molecular weight excluding hydrogens is 320 g/mol. The van der Waals surface area contributed by atoms with E-state index in [1.807, 2.05) is 32.0 Å². The van der Waals surface area contributed by atoms with E-state index in [1.54, 1.807) is 0 Å². The average Bonchev–Trinajstić information content (AvgIpc) is 2.38. The van der Waals surface area contributed by atoms with Crippen molar-refractivity contribution in [2.45, 2.75) is 19.3 Å². The summed E-state index contributed by atoms with van der Waals surface area (Å²) in [6, 6.07) is 5.78. The lowest BCUT2D eigenvalue weighted by Crippen LogP contribution is -2.36. The van der Waals surface area contributed by atoms with Gasteiger partial charge in [-0.05, 0) is 26.0 Å². The standard InChI is InChI=1S/C14H13BrN4O/c1-14(2)10-11(17-6-18-13(10)16)8-4-3-7(15)5-9(8)12(14)19-20/h3-6,20H,1-2H3,(H2,16,17,18). The first kappa shape index (κ1) is 13.1. The Morgan fingerprint density at radius 1 is 1.25 bits per heavy atom. The molecule has 0 unspecified atom stereocenters. The fourth-order valence-electron chi connectivity index (χ4n) is 2.77. The smallest absolute Gasteiger partial charge is 0.131 e. The zero-order chi connectivity index (χ0) is 14.5. The third-order valence-corrected chi connectivity index (χ3v) is 4.18.